The molecule has 2 N–H and O–H groups in total. The summed E-state index contributed by atoms with van der Waals surface area (Å²) >= 11 is 33.9. The molecule has 0 amide bonds. The minimum absolute atomic E-state index is 0.448. The Labute approximate surface area is 136 Å². The van der Waals surface area contributed by atoms with Gasteiger partial charge in [0, 0.05) is 5.56 Å². The van der Waals surface area contributed by atoms with Gasteiger partial charge in [-0.15, -0.1) is 0 Å². The molecule has 0 spiro atoms. The number of alkyl halides is 3. The van der Waals surface area contributed by atoms with Crippen molar-refractivity contribution in [1.29, 1.82) is 0 Å². The van der Waals surface area contributed by atoms with E-state index >= 15 is 0 Å². The minimum atomic E-state index is -2.36. The number of halogens is 6. The number of rotatable bonds is 2. The van der Waals surface area contributed by atoms with Gasteiger partial charge >= 0.3 is 11.9 Å². The van der Waals surface area contributed by atoms with Crippen LogP contribution in [-0.4, -0.2) is 22.2 Å². The van der Waals surface area contributed by atoms with Crippen LogP contribution in [0.4, 0.5) is 0 Å². The highest BCUT2D eigenvalue weighted by molar-refractivity contribution is 6.67. The first-order valence-corrected chi connectivity index (χ1v) is 6.51. The molecule has 1 rings (SSSR count). The van der Waals surface area contributed by atoms with E-state index < -0.39 is 47.5 Å². The molecule has 4 nitrogen and oxygen atoms in total. The molecule has 0 bridgehead atoms. The first kappa shape index (κ1) is 17.0. The van der Waals surface area contributed by atoms with Crippen LogP contribution in [0.3, 0.4) is 0 Å². The smallest absolute Gasteiger partial charge is 0.337 e. The molecule has 0 aliphatic rings. The summed E-state index contributed by atoms with van der Waals surface area (Å²) in [7, 11) is 0. The summed E-state index contributed by atoms with van der Waals surface area (Å²) in [6, 6.07) is 0. The second kappa shape index (κ2) is 5.72. The fraction of sp³-hybridized carbons (Fsp3) is 0.111. The van der Waals surface area contributed by atoms with Crippen molar-refractivity contribution < 1.29 is 19.8 Å². The second-order valence-corrected chi connectivity index (χ2v) is 6.59. The maximum atomic E-state index is 11.2. The molecule has 0 aliphatic heterocycles. The summed E-state index contributed by atoms with van der Waals surface area (Å²) in [5.41, 5.74) is -2.11. The van der Waals surface area contributed by atoms with Gasteiger partial charge in [-0.05, 0) is 0 Å². The molecule has 1 aromatic carbocycles. The number of carboxylic acid groups (broad SMARTS) is 2. The topological polar surface area (TPSA) is 74.6 Å². The van der Waals surface area contributed by atoms with E-state index in [1.54, 1.807) is 0 Å². The van der Waals surface area contributed by atoms with E-state index in [1.807, 2.05) is 0 Å². The maximum absolute atomic E-state index is 11.2. The van der Waals surface area contributed by atoms with Crippen molar-refractivity contribution in [2.24, 2.45) is 0 Å². The standard InChI is InChI=1S/C9H2Cl6O4/c10-4-1(7(16)17)3(9(13,14)15)2(8(18)19)5(11)6(4)12/h(H,16,17)(H,18,19). The Hall–Kier alpha value is -0.100. The molecule has 0 saturated heterocycles. The van der Waals surface area contributed by atoms with Gasteiger partial charge in [0.25, 0.3) is 0 Å². The SMILES string of the molecule is O=C(O)c1c(Cl)c(Cl)c(Cl)c(C(=O)O)c1C(Cl)(Cl)Cl. The number of hydrogen-bond acceptors (Lipinski definition) is 2. The van der Waals surface area contributed by atoms with E-state index in [0.717, 1.165) is 0 Å². The van der Waals surface area contributed by atoms with Crippen LogP contribution in [-0.2, 0) is 3.79 Å². The lowest BCUT2D eigenvalue weighted by Crippen LogP contribution is -2.18. The number of hydrogen-bond donors (Lipinski definition) is 2. The Balaban J connectivity index is 4.03. The van der Waals surface area contributed by atoms with E-state index in [1.165, 1.54) is 0 Å². The van der Waals surface area contributed by atoms with Crippen LogP contribution in [0.25, 0.3) is 0 Å². The molecule has 0 unspecified atom stereocenters. The monoisotopic (exact) mass is 384 g/mol. The number of carboxylic acids is 2. The van der Waals surface area contributed by atoms with Gasteiger partial charge in [0.15, 0.2) is 0 Å². The zero-order chi connectivity index (χ0) is 15.1. The van der Waals surface area contributed by atoms with Crippen LogP contribution < -0.4 is 0 Å². The zero-order valence-electron chi connectivity index (χ0n) is 8.48. The molecule has 1 aromatic rings. The van der Waals surface area contributed by atoms with Gasteiger partial charge in [-0.3, -0.25) is 0 Å². The van der Waals surface area contributed by atoms with Crippen molar-refractivity contribution in [2.75, 3.05) is 0 Å². The highest BCUT2D eigenvalue weighted by Crippen LogP contribution is 2.48. The van der Waals surface area contributed by atoms with Crippen LogP contribution >= 0.6 is 69.6 Å². The van der Waals surface area contributed by atoms with Gasteiger partial charge in [0.2, 0.25) is 3.79 Å². The average molecular weight is 387 g/mol. The molecule has 19 heavy (non-hydrogen) atoms. The molecule has 0 atom stereocenters. The van der Waals surface area contributed by atoms with Gasteiger partial charge in [-0.1, -0.05) is 69.6 Å². The Morgan fingerprint density at radius 1 is 0.789 bits per heavy atom. The van der Waals surface area contributed by atoms with Crippen LogP contribution in [0.1, 0.15) is 26.3 Å². The largest absolute Gasteiger partial charge is 0.478 e. The van der Waals surface area contributed by atoms with Gasteiger partial charge in [-0.2, -0.15) is 0 Å². The van der Waals surface area contributed by atoms with E-state index in [2.05, 4.69) is 0 Å². The Kier molecular flexibility index (Phi) is 5.10. The molecule has 0 radical (unpaired) electrons. The highest BCUT2D eigenvalue weighted by Gasteiger charge is 2.38. The van der Waals surface area contributed by atoms with Crippen molar-refractivity contribution in [1.82, 2.24) is 0 Å². The summed E-state index contributed by atoms with van der Waals surface area (Å²) in [6.45, 7) is 0. The second-order valence-electron chi connectivity index (χ2n) is 3.18. The van der Waals surface area contributed by atoms with Crippen molar-refractivity contribution in [3.63, 3.8) is 0 Å². The van der Waals surface area contributed by atoms with E-state index in [4.69, 9.17) is 79.8 Å². The lowest BCUT2D eigenvalue weighted by molar-refractivity contribution is 0.0696. The van der Waals surface area contributed by atoms with E-state index in [0.29, 0.717) is 0 Å². The number of carbonyl (C=O) groups is 2. The fourth-order valence-electron chi connectivity index (χ4n) is 1.35. The summed E-state index contributed by atoms with van der Waals surface area (Å²) < 4.78 is -2.36. The molecule has 10 heteroatoms. The van der Waals surface area contributed by atoms with Crippen molar-refractivity contribution in [2.45, 2.75) is 3.79 Å². The third kappa shape index (κ3) is 3.15. The molecule has 0 saturated carbocycles. The first-order valence-electron chi connectivity index (χ1n) is 4.24. The first-order chi connectivity index (χ1) is 8.50. The molecule has 0 aromatic heterocycles. The van der Waals surface area contributed by atoms with Gasteiger partial charge in [-0.25, -0.2) is 9.59 Å². The normalized spacial score (nSPS) is 11.5. The van der Waals surface area contributed by atoms with Crippen LogP contribution in [0.5, 0.6) is 0 Å². The quantitative estimate of drug-likeness (QED) is 0.561. The number of benzene rings is 1. The van der Waals surface area contributed by atoms with E-state index in [-0.39, 0.29) is 0 Å². The van der Waals surface area contributed by atoms with Crippen LogP contribution in [0, 0.1) is 0 Å². The zero-order valence-corrected chi connectivity index (χ0v) is 13.0. The van der Waals surface area contributed by atoms with Crippen LogP contribution in [0.2, 0.25) is 15.1 Å². The molecule has 0 aliphatic carbocycles. The molecular weight excluding hydrogens is 385 g/mol. The summed E-state index contributed by atoms with van der Waals surface area (Å²) in [4.78, 5) is 22.3. The summed E-state index contributed by atoms with van der Waals surface area (Å²) in [6.07, 6.45) is 0. The van der Waals surface area contributed by atoms with Gasteiger partial charge in [0.1, 0.15) is 0 Å². The van der Waals surface area contributed by atoms with Crippen molar-refractivity contribution in [3.05, 3.63) is 31.8 Å². The lowest BCUT2D eigenvalue weighted by Gasteiger charge is -2.20. The molecule has 0 fully saturated rings. The molecule has 0 heterocycles. The number of aromatic carboxylic acids is 2. The predicted octanol–water partition coefficient (Wildman–Crippen LogP) is 4.87. The van der Waals surface area contributed by atoms with Crippen LogP contribution in [0.15, 0.2) is 0 Å². The maximum Gasteiger partial charge on any atom is 0.337 e. The lowest BCUT2D eigenvalue weighted by atomic mass is 10.0. The van der Waals surface area contributed by atoms with Gasteiger partial charge in [0.05, 0.1) is 26.2 Å². The Morgan fingerprint density at radius 3 is 1.32 bits per heavy atom. The summed E-state index contributed by atoms with van der Waals surface area (Å²) in [5.74, 6) is -3.21. The molecule has 104 valence electrons. The fourth-order valence-corrected chi connectivity index (χ4v) is 2.69. The average Bonchev–Trinajstić information content (AvgIpc) is 2.22. The third-order valence-electron chi connectivity index (χ3n) is 2.04. The summed E-state index contributed by atoms with van der Waals surface area (Å²) in [5, 5.41) is 16.7. The Morgan fingerprint density at radius 2 is 1.11 bits per heavy atom. The predicted molar refractivity (Wildman–Crippen MR) is 74.6 cm³/mol. The third-order valence-corrected chi connectivity index (χ3v) is 3.93. The van der Waals surface area contributed by atoms with Crippen molar-refractivity contribution >= 4 is 81.5 Å². The van der Waals surface area contributed by atoms with Crippen molar-refractivity contribution in [3.8, 4) is 0 Å². The van der Waals surface area contributed by atoms with E-state index in [9.17, 15) is 9.59 Å². The van der Waals surface area contributed by atoms with Gasteiger partial charge < -0.3 is 10.2 Å². The Bertz CT molecular complexity index is 536. The highest BCUT2D eigenvalue weighted by atomic mass is 35.6. The minimum Gasteiger partial charge on any atom is -0.478 e. The molecular formula is C9H2Cl6O4.